The van der Waals surface area contributed by atoms with Crippen LogP contribution in [0.4, 0.5) is 0 Å². The number of nitrogens with one attached hydrogen (secondary N) is 1. The van der Waals surface area contributed by atoms with Crippen LogP contribution in [0, 0.1) is 6.92 Å². The lowest BCUT2D eigenvalue weighted by molar-refractivity contribution is 0.600. The van der Waals surface area contributed by atoms with Crippen LogP contribution in [0.5, 0.6) is 0 Å². The molecule has 1 aromatic heterocycles. The molecule has 0 aliphatic rings. The van der Waals surface area contributed by atoms with E-state index in [1.165, 1.54) is 5.69 Å². The highest BCUT2D eigenvalue weighted by molar-refractivity contribution is 9.10. The number of nitrogens with zero attached hydrogens (tertiary/aromatic N) is 2. The third-order valence-electron chi connectivity index (χ3n) is 1.96. The van der Waals surface area contributed by atoms with Gasteiger partial charge in [0.25, 0.3) is 0 Å². The van der Waals surface area contributed by atoms with E-state index in [1.807, 2.05) is 11.6 Å². The molecule has 0 atom stereocenters. The first-order valence-corrected chi connectivity index (χ1v) is 5.15. The molecule has 0 unspecified atom stereocenters. The van der Waals surface area contributed by atoms with Crippen molar-refractivity contribution in [3.63, 3.8) is 0 Å². The maximum absolute atomic E-state index is 5.23. The van der Waals surface area contributed by atoms with Gasteiger partial charge in [-0.15, -0.1) is 0 Å². The molecule has 0 saturated heterocycles. The maximum atomic E-state index is 5.23. The van der Waals surface area contributed by atoms with Gasteiger partial charge < -0.3 is 0 Å². The lowest BCUT2D eigenvalue weighted by Gasteiger charge is -2.04. The predicted octanol–water partition coefficient (Wildman–Crippen LogP) is 0.980. The Bertz CT molecular complexity index is 282. The monoisotopic (exact) mass is 246 g/mol. The quantitative estimate of drug-likeness (QED) is 0.616. The summed E-state index contributed by atoms with van der Waals surface area (Å²) in [6, 6.07) is 0. The van der Waals surface area contributed by atoms with Gasteiger partial charge in [0.2, 0.25) is 0 Å². The van der Waals surface area contributed by atoms with Crippen LogP contribution in [0.1, 0.15) is 18.3 Å². The zero-order valence-electron chi connectivity index (χ0n) is 7.97. The highest BCUT2D eigenvalue weighted by Crippen LogP contribution is 2.20. The zero-order chi connectivity index (χ0) is 9.84. The number of nitrogens with two attached hydrogens (primary N) is 1. The first kappa shape index (κ1) is 10.7. The molecule has 0 aliphatic carbocycles. The van der Waals surface area contributed by atoms with Gasteiger partial charge in [-0.3, -0.25) is 16.0 Å². The number of halogens is 1. The molecule has 3 N–H and O–H groups in total. The standard InChI is InChI=1S/C8H15BrN4/c1-3-13-7(4-5-11-10)8(9)6(2)12-13/h11H,3-5,10H2,1-2H3. The van der Waals surface area contributed by atoms with Crippen molar-refractivity contribution in [2.45, 2.75) is 26.8 Å². The second kappa shape index (κ2) is 4.74. The fourth-order valence-corrected chi connectivity index (χ4v) is 1.78. The van der Waals surface area contributed by atoms with Gasteiger partial charge in [0.05, 0.1) is 15.9 Å². The zero-order valence-corrected chi connectivity index (χ0v) is 9.56. The van der Waals surface area contributed by atoms with Crippen molar-refractivity contribution in [3.05, 3.63) is 15.9 Å². The van der Waals surface area contributed by atoms with Crippen LogP contribution in [0.3, 0.4) is 0 Å². The normalized spacial score (nSPS) is 10.8. The summed E-state index contributed by atoms with van der Waals surface area (Å²) in [7, 11) is 0. The van der Waals surface area contributed by atoms with Gasteiger partial charge in [0.1, 0.15) is 0 Å². The van der Waals surface area contributed by atoms with Crippen LogP contribution < -0.4 is 11.3 Å². The summed E-state index contributed by atoms with van der Waals surface area (Å²) in [4.78, 5) is 0. The van der Waals surface area contributed by atoms with Gasteiger partial charge in [-0.2, -0.15) is 5.10 Å². The topological polar surface area (TPSA) is 55.9 Å². The molecule has 1 aromatic rings. The van der Waals surface area contributed by atoms with Crippen LogP contribution >= 0.6 is 15.9 Å². The SMILES string of the molecule is CCn1nc(C)c(Br)c1CCNN. The third kappa shape index (κ3) is 2.30. The molecule has 5 heteroatoms. The minimum Gasteiger partial charge on any atom is -0.271 e. The summed E-state index contributed by atoms with van der Waals surface area (Å²) < 4.78 is 3.10. The van der Waals surface area contributed by atoms with Gasteiger partial charge in [0.15, 0.2) is 0 Å². The average Bonchev–Trinajstić information content (AvgIpc) is 2.40. The maximum Gasteiger partial charge on any atom is 0.0738 e. The van der Waals surface area contributed by atoms with Crippen molar-refractivity contribution in [1.29, 1.82) is 0 Å². The van der Waals surface area contributed by atoms with E-state index >= 15 is 0 Å². The van der Waals surface area contributed by atoms with Crippen LogP contribution in [-0.2, 0) is 13.0 Å². The summed E-state index contributed by atoms with van der Waals surface area (Å²) in [6.07, 6.45) is 0.895. The van der Waals surface area contributed by atoms with Gasteiger partial charge in [-0.25, -0.2) is 0 Å². The van der Waals surface area contributed by atoms with E-state index in [0.717, 1.165) is 29.7 Å². The van der Waals surface area contributed by atoms with Crippen molar-refractivity contribution >= 4 is 15.9 Å². The second-order valence-electron chi connectivity index (χ2n) is 2.87. The summed E-state index contributed by atoms with van der Waals surface area (Å²) in [5, 5.41) is 4.38. The van der Waals surface area contributed by atoms with Crippen molar-refractivity contribution in [2.75, 3.05) is 6.54 Å². The molecule has 1 rings (SSSR count). The predicted molar refractivity (Wildman–Crippen MR) is 56.2 cm³/mol. The van der Waals surface area contributed by atoms with Crippen LogP contribution in [0.2, 0.25) is 0 Å². The third-order valence-corrected chi connectivity index (χ3v) is 2.99. The van der Waals surface area contributed by atoms with E-state index in [9.17, 15) is 0 Å². The molecule has 0 fully saturated rings. The Hall–Kier alpha value is -0.390. The molecular formula is C8H15BrN4. The van der Waals surface area contributed by atoms with Gasteiger partial charge in [-0.05, 0) is 29.8 Å². The van der Waals surface area contributed by atoms with Crippen molar-refractivity contribution < 1.29 is 0 Å². The van der Waals surface area contributed by atoms with Gasteiger partial charge in [-0.1, -0.05) is 0 Å². The molecule has 13 heavy (non-hydrogen) atoms. The highest BCUT2D eigenvalue weighted by Gasteiger charge is 2.10. The number of hydrogen-bond acceptors (Lipinski definition) is 3. The van der Waals surface area contributed by atoms with Gasteiger partial charge in [0, 0.05) is 19.5 Å². The molecule has 0 radical (unpaired) electrons. The Labute approximate surface area is 86.6 Å². The fourth-order valence-electron chi connectivity index (χ4n) is 1.30. The minimum absolute atomic E-state index is 0.768. The highest BCUT2D eigenvalue weighted by atomic mass is 79.9. The lowest BCUT2D eigenvalue weighted by Crippen LogP contribution is -2.25. The number of hydrogen-bond donors (Lipinski definition) is 2. The molecule has 0 bridgehead atoms. The van der Waals surface area contributed by atoms with E-state index in [0.29, 0.717) is 0 Å². The molecule has 74 valence electrons. The van der Waals surface area contributed by atoms with Gasteiger partial charge >= 0.3 is 0 Å². The summed E-state index contributed by atoms with van der Waals surface area (Å²) in [5.74, 6) is 5.23. The second-order valence-corrected chi connectivity index (χ2v) is 3.66. The Balaban J connectivity index is 2.88. The Kier molecular flexibility index (Phi) is 3.90. The molecule has 0 amide bonds. The van der Waals surface area contributed by atoms with Crippen LogP contribution in [-0.4, -0.2) is 16.3 Å². The molecule has 4 nitrogen and oxygen atoms in total. The van der Waals surface area contributed by atoms with E-state index in [-0.39, 0.29) is 0 Å². The molecule has 1 heterocycles. The molecule has 0 spiro atoms. The molecular weight excluding hydrogens is 232 g/mol. The van der Waals surface area contributed by atoms with Crippen molar-refractivity contribution in [2.24, 2.45) is 5.84 Å². The smallest absolute Gasteiger partial charge is 0.0738 e. The fraction of sp³-hybridized carbons (Fsp3) is 0.625. The van der Waals surface area contributed by atoms with Crippen LogP contribution in [0.25, 0.3) is 0 Å². The largest absolute Gasteiger partial charge is 0.271 e. The number of rotatable bonds is 4. The Morgan fingerprint density at radius 3 is 2.85 bits per heavy atom. The minimum atomic E-state index is 0.768. The van der Waals surface area contributed by atoms with E-state index < -0.39 is 0 Å². The lowest BCUT2D eigenvalue weighted by atomic mass is 10.3. The number of aromatic nitrogens is 2. The summed E-state index contributed by atoms with van der Waals surface area (Å²) in [6.45, 7) is 5.74. The first-order chi connectivity index (χ1) is 6.20. The van der Waals surface area contributed by atoms with E-state index in [4.69, 9.17) is 5.84 Å². The number of hydrazine groups is 1. The molecule has 0 aliphatic heterocycles. The van der Waals surface area contributed by atoms with E-state index in [1.54, 1.807) is 0 Å². The summed E-state index contributed by atoms with van der Waals surface area (Å²) >= 11 is 3.52. The summed E-state index contributed by atoms with van der Waals surface area (Å²) in [5.41, 5.74) is 4.88. The van der Waals surface area contributed by atoms with Crippen molar-refractivity contribution in [1.82, 2.24) is 15.2 Å². The molecule has 0 aromatic carbocycles. The molecule has 0 saturated carbocycles. The Morgan fingerprint density at radius 1 is 1.62 bits per heavy atom. The average molecular weight is 247 g/mol. The Morgan fingerprint density at radius 2 is 2.31 bits per heavy atom. The number of aryl methyl sites for hydroxylation is 2. The van der Waals surface area contributed by atoms with Crippen LogP contribution in [0.15, 0.2) is 4.47 Å². The first-order valence-electron chi connectivity index (χ1n) is 4.36. The van der Waals surface area contributed by atoms with E-state index in [2.05, 4.69) is 33.4 Å². The van der Waals surface area contributed by atoms with Crippen molar-refractivity contribution in [3.8, 4) is 0 Å².